The number of amides is 1. The van der Waals surface area contributed by atoms with Crippen molar-refractivity contribution < 1.29 is 18.3 Å². The summed E-state index contributed by atoms with van der Waals surface area (Å²) in [6.45, 7) is 8.22. The summed E-state index contributed by atoms with van der Waals surface area (Å²) < 4.78 is 34.6. The summed E-state index contributed by atoms with van der Waals surface area (Å²) in [6.07, 6.45) is 3.01. The number of pyridine rings is 3. The molecule has 12 heteroatoms. The minimum Gasteiger partial charge on any atom is -0.482 e. The Morgan fingerprint density at radius 1 is 1.10 bits per heavy atom. The van der Waals surface area contributed by atoms with Crippen LogP contribution in [0.25, 0.3) is 17.1 Å². The maximum Gasteiger partial charge on any atom is 0.277 e. The number of nitrogens with two attached hydrogens (primary N) is 1. The second-order valence-electron chi connectivity index (χ2n) is 9.50. The molecule has 2 N–H and O–H groups in total. The van der Waals surface area contributed by atoms with E-state index in [0.717, 1.165) is 6.20 Å². The second-order valence-corrected chi connectivity index (χ2v) is 9.87. The van der Waals surface area contributed by atoms with E-state index in [1.54, 1.807) is 52.1 Å². The smallest absolute Gasteiger partial charge is 0.277 e. The molecule has 1 amide bonds. The van der Waals surface area contributed by atoms with E-state index in [1.165, 1.54) is 17.7 Å². The average molecular weight is 555 g/mol. The summed E-state index contributed by atoms with van der Waals surface area (Å²) in [5, 5.41) is -0.236. The van der Waals surface area contributed by atoms with Gasteiger partial charge in [0.15, 0.2) is 5.82 Å². The number of carbonyl (C=O) groups is 1. The van der Waals surface area contributed by atoms with Crippen LogP contribution in [-0.4, -0.2) is 30.4 Å². The molecular formula is C27H25ClF2N6O3. The van der Waals surface area contributed by atoms with Crippen LogP contribution in [0.4, 0.5) is 8.78 Å². The minimum absolute atomic E-state index is 0.0227. The number of aryl methyl sites for hydroxylation is 2. The number of rotatable bonds is 7. The molecular weight excluding hydrogens is 530 g/mol. The molecule has 0 saturated carbocycles. The van der Waals surface area contributed by atoms with Crippen LogP contribution in [0.2, 0.25) is 5.02 Å². The molecule has 0 aliphatic rings. The van der Waals surface area contributed by atoms with Gasteiger partial charge in [-0.15, -0.1) is 0 Å². The van der Waals surface area contributed by atoms with Gasteiger partial charge in [0, 0.05) is 30.2 Å². The molecule has 0 bridgehead atoms. The van der Waals surface area contributed by atoms with Crippen LogP contribution in [0.1, 0.15) is 49.7 Å². The highest BCUT2D eigenvalue weighted by atomic mass is 35.5. The van der Waals surface area contributed by atoms with Gasteiger partial charge in [-0.2, -0.15) is 0 Å². The van der Waals surface area contributed by atoms with Gasteiger partial charge in [-0.3, -0.25) is 24.1 Å². The van der Waals surface area contributed by atoms with Crippen LogP contribution in [0.5, 0.6) is 5.75 Å². The van der Waals surface area contributed by atoms with Crippen LogP contribution < -0.4 is 16.0 Å². The lowest BCUT2D eigenvalue weighted by molar-refractivity contribution is -0.122. The Kier molecular flexibility index (Phi) is 7.47. The maximum atomic E-state index is 14.2. The van der Waals surface area contributed by atoms with E-state index in [4.69, 9.17) is 22.1 Å². The Balaban J connectivity index is 1.75. The number of ether oxygens (including phenoxy) is 1. The standard InChI is InChI=1S/C27H25ClF2N6O3/c1-13-11-33-19(18-6-7-32-26(35-18)27(4,5)25(31)38)10-20(13)36-14(2)8-21(22(28)24(36)37)39-15(3)23-17(30)9-16(29)12-34-23/h6-12,15H,1-5H3,(H2,31,38). The van der Waals surface area contributed by atoms with Crippen molar-refractivity contribution in [3.8, 4) is 22.8 Å². The third kappa shape index (κ3) is 5.35. The van der Waals surface area contributed by atoms with Crippen LogP contribution in [0.15, 0.2) is 47.7 Å². The van der Waals surface area contributed by atoms with E-state index in [2.05, 4.69) is 19.9 Å². The Hall–Kier alpha value is -4.25. The molecule has 0 aromatic carbocycles. The molecule has 0 aliphatic heterocycles. The van der Waals surface area contributed by atoms with Gasteiger partial charge in [-0.1, -0.05) is 11.6 Å². The molecule has 4 rings (SSSR count). The number of primary amides is 1. The fourth-order valence-corrected chi connectivity index (χ4v) is 4.03. The molecule has 0 spiro atoms. The van der Waals surface area contributed by atoms with Crippen LogP contribution >= 0.6 is 11.6 Å². The molecule has 1 unspecified atom stereocenters. The highest BCUT2D eigenvalue weighted by Gasteiger charge is 2.31. The lowest BCUT2D eigenvalue weighted by atomic mass is 9.91. The van der Waals surface area contributed by atoms with E-state index >= 15 is 0 Å². The number of hydrogen-bond acceptors (Lipinski definition) is 7. The molecule has 4 aromatic rings. The first-order valence-electron chi connectivity index (χ1n) is 11.8. The quantitative estimate of drug-likeness (QED) is 0.355. The molecule has 0 aliphatic carbocycles. The predicted molar refractivity (Wildman–Crippen MR) is 141 cm³/mol. The van der Waals surface area contributed by atoms with Crippen molar-refractivity contribution in [3.05, 3.63) is 92.6 Å². The first kappa shape index (κ1) is 27.8. The van der Waals surface area contributed by atoms with Gasteiger partial charge >= 0.3 is 0 Å². The lowest BCUT2D eigenvalue weighted by Crippen LogP contribution is -2.37. The van der Waals surface area contributed by atoms with Crippen molar-refractivity contribution >= 4 is 17.5 Å². The molecule has 0 radical (unpaired) electrons. The monoisotopic (exact) mass is 554 g/mol. The van der Waals surface area contributed by atoms with Gasteiger partial charge in [0.1, 0.15) is 39.6 Å². The van der Waals surface area contributed by atoms with Crippen molar-refractivity contribution in [3.63, 3.8) is 0 Å². The molecule has 1 atom stereocenters. The summed E-state index contributed by atoms with van der Waals surface area (Å²) in [6, 6.07) is 5.54. The minimum atomic E-state index is -1.11. The first-order chi connectivity index (χ1) is 18.3. The average Bonchev–Trinajstić information content (AvgIpc) is 2.88. The fourth-order valence-electron chi connectivity index (χ4n) is 3.84. The van der Waals surface area contributed by atoms with Crippen molar-refractivity contribution in [2.75, 3.05) is 0 Å². The number of carbonyl (C=O) groups excluding carboxylic acids is 1. The van der Waals surface area contributed by atoms with Gasteiger partial charge in [0.05, 0.1) is 23.3 Å². The van der Waals surface area contributed by atoms with E-state index in [0.29, 0.717) is 34.4 Å². The Labute approximate surface area is 227 Å². The second kappa shape index (κ2) is 10.5. The largest absolute Gasteiger partial charge is 0.482 e. The van der Waals surface area contributed by atoms with Gasteiger partial charge < -0.3 is 10.5 Å². The topological polar surface area (TPSA) is 126 Å². The van der Waals surface area contributed by atoms with E-state index in [-0.39, 0.29) is 22.3 Å². The van der Waals surface area contributed by atoms with E-state index in [9.17, 15) is 18.4 Å². The SMILES string of the molecule is Cc1cnc(-c2ccnc(C(C)(C)C(N)=O)n2)cc1-n1c(C)cc(OC(C)c2ncc(F)cc2F)c(Cl)c1=O. The summed E-state index contributed by atoms with van der Waals surface area (Å²) in [4.78, 5) is 42.2. The van der Waals surface area contributed by atoms with Gasteiger partial charge in [0.2, 0.25) is 5.91 Å². The van der Waals surface area contributed by atoms with Crippen molar-refractivity contribution in [2.45, 2.75) is 46.1 Å². The Bertz CT molecular complexity index is 1660. The lowest BCUT2D eigenvalue weighted by Gasteiger charge is -2.20. The normalized spacial score (nSPS) is 12.3. The van der Waals surface area contributed by atoms with Crippen molar-refractivity contribution in [1.29, 1.82) is 0 Å². The van der Waals surface area contributed by atoms with Gasteiger partial charge in [-0.25, -0.2) is 18.7 Å². The zero-order valence-corrected chi connectivity index (χ0v) is 22.5. The summed E-state index contributed by atoms with van der Waals surface area (Å²) >= 11 is 6.41. The van der Waals surface area contributed by atoms with Crippen LogP contribution in [-0.2, 0) is 10.2 Å². The number of nitrogens with zero attached hydrogens (tertiary/aromatic N) is 5. The molecule has 9 nitrogen and oxygen atoms in total. The predicted octanol–water partition coefficient (Wildman–Crippen LogP) is 4.54. The van der Waals surface area contributed by atoms with Crippen LogP contribution in [0.3, 0.4) is 0 Å². The fraction of sp³-hybridized carbons (Fsp3) is 0.259. The summed E-state index contributed by atoms with van der Waals surface area (Å²) in [5.74, 6) is -2.02. The van der Waals surface area contributed by atoms with Crippen LogP contribution in [0, 0.1) is 25.5 Å². The van der Waals surface area contributed by atoms with E-state index in [1.807, 2.05) is 0 Å². The third-order valence-corrected chi connectivity index (χ3v) is 6.58. The Morgan fingerprint density at radius 2 is 1.82 bits per heavy atom. The maximum absolute atomic E-state index is 14.2. The third-order valence-electron chi connectivity index (χ3n) is 6.23. The summed E-state index contributed by atoms with van der Waals surface area (Å²) in [5.41, 5.74) is 6.18. The van der Waals surface area contributed by atoms with Crippen molar-refractivity contribution in [2.24, 2.45) is 5.73 Å². The first-order valence-corrected chi connectivity index (χ1v) is 12.2. The summed E-state index contributed by atoms with van der Waals surface area (Å²) in [7, 11) is 0. The molecule has 202 valence electrons. The molecule has 39 heavy (non-hydrogen) atoms. The molecule has 0 fully saturated rings. The van der Waals surface area contributed by atoms with E-state index < -0.39 is 34.6 Å². The molecule has 4 heterocycles. The van der Waals surface area contributed by atoms with Gasteiger partial charge in [-0.05, 0) is 52.3 Å². The molecule has 0 saturated heterocycles. The number of hydrogen-bond donors (Lipinski definition) is 1. The highest BCUT2D eigenvalue weighted by Crippen LogP contribution is 2.30. The van der Waals surface area contributed by atoms with Gasteiger partial charge in [0.25, 0.3) is 5.56 Å². The molecule has 4 aromatic heterocycles. The highest BCUT2D eigenvalue weighted by molar-refractivity contribution is 6.31. The number of halogens is 3. The Morgan fingerprint density at radius 3 is 2.49 bits per heavy atom. The zero-order chi connectivity index (χ0) is 28.6. The zero-order valence-electron chi connectivity index (χ0n) is 21.8. The van der Waals surface area contributed by atoms with Crippen molar-refractivity contribution in [1.82, 2.24) is 24.5 Å². The number of aromatic nitrogens is 5.